The first-order valence-electron chi connectivity index (χ1n) is 12.7. The van der Waals surface area contributed by atoms with Gasteiger partial charge in [0.2, 0.25) is 23.6 Å². The monoisotopic (exact) mass is 564 g/mol. The molecule has 40 heavy (non-hydrogen) atoms. The molecule has 13 N–H and O–H groups in total. The molecule has 0 fully saturated rings. The van der Waals surface area contributed by atoms with Crippen LogP contribution in [0.2, 0.25) is 0 Å². The molecule has 1 aromatic carbocycles. The molecule has 1 rings (SSSR count). The summed E-state index contributed by atoms with van der Waals surface area (Å²) in [7, 11) is 0. The summed E-state index contributed by atoms with van der Waals surface area (Å²) in [4.78, 5) is 66.0. The van der Waals surface area contributed by atoms with Gasteiger partial charge >= 0.3 is 5.97 Å². The van der Waals surface area contributed by atoms with E-state index in [0.29, 0.717) is 12.0 Å². The zero-order valence-electron chi connectivity index (χ0n) is 22.6. The van der Waals surface area contributed by atoms with E-state index in [1.54, 1.807) is 13.8 Å². The molecular weight excluding hydrogens is 524 g/mol. The fourth-order valence-corrected chi connectivity index (χ4v) is 3.65. The standard InChI is InChI=1S/C25H40N8O7/c1-13(2)10-19(24(39)40)33-23(38)18(12-20(27)35)32-22(37)17(11-14-5-7-15(34)8-6-14)31-21(36)16(26)4-3-9-30-25(28)29/h5-8,13,16-19,34H,3-4,9-12,26H2,1-2H3,(H2,27,35)(H,31,36)(H,32,37)(H,33,38)(H,39,40)(H4,28,29,30). The summed E-state index contributed by atoms with van der Waals surface area (Å²) in [5.41, 5.74) is 22.3. The highest BCUT2D eigenvalue weighted by molar-refractivity contribution is 5.96. The Labute approximate surface area is 232 Å². The third kappa shape index (κ3) is 12.9. The summed E-state index contributed by atoms with van der Waals surface area (Å²) < 4.78 is 0. The van der Waals surface area contributed by atoms with Gasteiger partial charge in [0.15, 0.2) is 5.96 Å². The van der Waals surface area contributed by atoms with Crippen LogP contribution >= 0.6 is 0 Å². The van der Waals surface area contributed by atoms with Crippen LogP contribution in [0.4, 0.5) is 0 Å². The van der Waals surface area contributed by atoms with Gasteiger partial charge in [-0.2, -0.15) is 0 Å². The minimum atomic E-state index is -1.51. The SMILES string of the molecule is CC(C)CC(NC(=O)C(CC(N)=O)NC(=O)C(Cc1ccc(O)cc1)NC(=O)C(N)CCCN=C(N)N)C(=O)O. The smallest absolute Gasteiger partial charge is 0.326 e. The maximum absolute atomic E-state index is 13.3. The van der Waals surface area contributed by atoms with Crippen LogP contribution in [0, 0.1) is 5.92 Å². The number of nitrogens with one attached hydrogen (secondary N) is 3. The van der Waals surface area contributed by atoms with E-state index in [0.717, 1.165) is 0 Å². The third-order valence-corrected chi connectivity index (χ3v) is 5.67. The molecule has 1 aromatic rings. The Morgan fingerprint density at radius 2 is 1.43 bits per heavy atom. The number of phenolic OH excluding ortho intramolecular Hbond substituents is 1. The van der Waals surface area contributed by atoms with Crippen LogP contribution in [0.25, 0.3) is 0 Å². The first-order valence-corrected chi connectivity index (χ1v) is 12.7. The molecular formula is C25H40N8O7. The van der Waals surface area contributed by atoms with Gasteiger partial charge in [0.05, 0.1) is 12.5 Å². The van der Waals surface area contributed by atoms with Crippen LogP contribution in [0.5, 0.6) is 5.75 Å². The number of aliphatic carboxylic acids is 1. The maximum Gasteiger partial charge on any atom is 0.326 e. The molecule has 0 aromatic heterocycles. The van der Waals surface area contributed by atoms with Crippen LogP contribution in [0.15, 0.2) is 29.3 Å². The van der Waals surface area contributed by atoms with Crippen LogP contribution in [-0.2, 0) is 30.4 Å². The lowest BCUT2D eigenvalue weighted by atomic mass is 10.0. The van der Waals surface area contributed by atoms with Gasteiger partial charge in [-0.15, -0.1) is 0 Å². The topological polar surface area (TPSA) is 278 Å². The molecule has 15 heteroatoms. The van der Waals surface area contributed by atoms with Gasteiger partial charge in [0, 0.05) is 13.0 Å². The van der Waals surface area contributed by atoms with Crippen molar-refractivity contribution in [3.05, 3.63) is 29.8 Å². The number of carbonyl (C=O) groups is 5. The number of nitrogens with zero attached hydrogens (tertiary/aromatic N) is 1. The van der Waals surface area contributed by atoms with E-state index in [9.17, 15) is 34.2 Å². The number of aromatic hydroxyl groups is 1. The molecule has 0 aliphatic carbocycles. The Morgan fingerprint density at radius 1 is 0.875 bits per heavy atom. The van der Waals surface area contributed by atoms with Crippen molar-refractivity contribution in [1.29, 1.82) is 0 Å². The Morgan fingerprint density at radius 3 is 1.95 bits per heavy atom. The van der Waals surface area contributed by atoms with E-state index in [1.165, 1.54) is 24.3 Å². The van der Waals surface area contributed by atoms with Crippen molar-refractivity contribution in [2.45, 2.75) is 70.1 Å². The third-order valence-electron chi connectivity index (χ3n) is 5.67. The van der Waals surface area contributed by atoms with Gasteiger partial charge < -0.3 is 49.1 Å². The number of guanidine groups is 1. The molecule has 4 atom stereocenters. The number of phenols is 1. The van der Waals surface area contributed by atoms with Crippen molar-refractivity contribution in [2.75, 3.05) is 6.54 Å². The quantitative estimate of drug-likeness (QED) is 0.0558. The number of rotatable bonds is 17. The van der Waals surface area contributed by atoms with E-state index in [1.807, 2.05) is 0 Å². The van der Waals surface area contributed by atoms with Gasteiger partial charge in [0.25, 0.3) is 0 Å². The molecule has 0 spiro atoms. The number of primary amides is 1. The minimum Gasteiger partial charge on any atom is -0.508 e. The van der Waals surface area contributed by atoms with Crippen LogP contribution in [0.3, 0.4) is 0 Å². The number of benzene rings is 1. The van der Waals surface area contributed by atoms with Crippen LogP contribution < -0.4 is 38.9 Å². The minimum absolute atomic E-state index is 0.0100. The summed E-state index contributed by atoms with van der Waals surface area (Å²) in [6, 6.07) is 0.825. The molecule has 4 amide bonds. The normalized spacial score (nSPS) is 13.8. The van der Waals surface area contributed by atoms with E-state index < -0.39 is 60.2 Å². The molecule has 0 radical (unpaired) electrons. The lowest BCUT2D eigenvalue weighted by Crippen LogP contribution is -2.58. The van der Waals surface area contributed by atoms with E-state index in [2.05, 4.69) is 20.9 Å². The Kier molecular flexibility index (Phi) is 13.9. The average molecular weight is 565 g/mol. The lowest BCUT2D eigenvalue weighted by Gasteiger charge is -2.25. The molecule has 15 nitrogen and oxygen atoms in total. The molecule has 0 saturated heterocycles. The van der Waals surface area contributed by atoms with Gasteiger partial charge in [-0.1, -0.05) is 26.0 Å². The summed E-state index contributed by atoms with van der Waals surface area (Å²) >= 11 is 0. The number of carbonyl (C=O) groups excluding carboxylic acids is 4. The second-order valence-electron chi connectivity index (χ2n) is 9.75. The highest BCUT2D eigenvalue weighted by Gasteiger charge is 2.31. The van der Waals surface area contributed by atoms with Crippen molar-refractivity contribution >= 4 is 35.6 Å². The number of aliphatic imine (C=N–C) groups is 1. The number of carboxylic acids is 1. The summed E-state index contributed by atoms with van der Waals surface area (Å²) in [6.45, 7) is 3.79. The number of amides is 4. The van der Waals surface area contributed by atoms with Crippen molar-refractivity contribution < 1.29 is 34.2 Å². The predicted molar refractivity (Wildman–Crippen MR) is 146 cm³/mol. The second-order valence-corrected chi connectivity index (χ2v) is 9.75. The Balaban J connectivity index is 3.10. The zero-order chi connectivity index (χ0) is 30.4. The highest BCUT2D eigenvalue weighted by atomic mass is 16.4. The van der Waals surface area contributed by atoms with E-state index >= 15 is 0 Å². The molecule has 0 aliphatic rings. The summed E-state index contributed by atoms with van der Waals surface area (Å²) in [5.74, 6) is -4.81. The fraction of sp³-hybridized carbons (Fsp3) is 0.520. The zero-order valence-corrected chi connectivity index (χ0v) is 22.6. The average Bonchev–Trinajstić information content (AvgIpc) is 2.85. The Hall–Kier alpha value is -4.40. The Bertz CT molecular complexity index is 1060. The number of nitrogens with two attached hydrogens (primary N) is 4. The first-order chi connectivity index (χ1) is 18.7. The molecule has 222 valence electrons. The van der Waals surface area contributed by atoms with E-state index in [-0.39, 0.29) is 43.4 Å². The van der Waals surface area contributed by atoms with Gasteiger partial charge in [-0.3, -0.25) is 24.2 Å². The van der Waals surface area contributed by atoms with E-state index in [4.69, 9.17) is 22.9 Å². The van der Waals surface area contributed by atoms with Crippen molar-refractivity contribution in [3.8, 4) is 5.75 Å². The lowest BCUT2D eigenvalue weighted by molar-refractivity contribution is -0.143. The predicted octanol–water partition coefficient (Wildman–Crippen LogP) is -2.22. The number of hydrogen-bond acceptors (Lipinski definition) is 8. The molecule has 0 bridgehead atoms. The fourth-order valence-electron chi connectivity index (χ4n) is 3.65. The largest absolute Gasteiger partial charge is 0.508 e. The molecule has 4 unspecified atom stereocenters. The van der Waals surface area contributed by atoms with Gasteiger partial charge in [-0.05, 0) is 42.9 Å². The number of hydrogen-bond donors (Lipinski definition) is 9. The highest BCUT2D eigenvalue weighted by Crippen LogP contribution is 2.12. The summed E-state index contributed by atoms with van der Waals surface area (Å²) in [6.07, 6.45) is 0.0296. The second kappa shape index (κ2) is 16.5. The molecule has 0 heterocycles. The van der Waals surface area contributed by atoms with Gasteiger partial charge in [0.1, 0.15) is 23.9 Å². The summed E-state index contributed by atoms with van der Waals surface area (Å²) in [5, 5.41) is 26.3. The van der Waals surface area contributed by atoms with Crippen LogP contribution in [-0.4, -0.2) is 76.5 Å². The molecule has 0 aliphatic heterocycles. The van der Waals surface area contributed by atoms with Crippen LogP contribution in [0.1, 0.15) is 45.1 Å². The van der Waals surface area contributed by atoms with Crippen molar-refractivity contribution in [2.24, 2.45) is 33.8 Å². The maximum atomic E-state index is 13.3. The van der Waals surface area contributed by atoms with Gasteiger partial charge in [-0.25, -0.2) is 4.79 Å². The number of carboxylic acid groups (broad SMARTS) is 1. The van der Waals surface area contributed by atoms with Crippen molar-refractivity contribution in [3.63, 3.8) is 0 Å². The molecule has 0 saturated carbocycles. The van der Waals surface area contributed by atoms with Crippen molar-refractivity contribution in [1.82, 2.24) is 16.0 Å². The first kappa shape index (κ1) is 33.6.